The molecule has 0 unspecified atom stereocenters. The Bertz CT molecular complexity index is 522. The van der Waals surface area contributed by atoms with E-state index in [1.54, 1.807) is 0 Å². The monoisotopic (exact) mass is 261 g/mol. The number of anilines is 1. The molecule has 1 aromatic rings. The molecule has 0 bridgehead atoms. The van der Waals surface area contributed by atoms with E-state index in [0.717, 1.165) is 23.2 Å². The molecule has 1 aliphatic heterocycles. The Morgan fingerprint density at radius 1 is 1.16 bits per heavy atom. The van der Waals surface area contributed by atoms with Crippen LogP contribution in [0.15, 0.2) is 12.1 Å². The fourth-order valence-electron chi connectivity index (χ4n) is 2.42. The van der Waals surface area contributed by atoms with Gasteiger partial charge in [-0.3, -0.25) is 9.59 Å². The maximum atomic E-state index is 12.0. The Hall–Kier alpha value is -1.68. The summed E-state index contributed by atoms with van der Waals surface area (Å²) in [7, 11) is 0. The third-order valence-corrected chi connectivity index (χ3v) is 3.22. The maximum absolute atomic E-state index is 12.0. The molecule has 102 valence electrons. The molecule has 0 N–H and O–H groups in total. The minimum atomic E-state index is -0.441. The van der Waals surface area contributed by atoms with Crippen molar-refractivity contribution < 1.29 is 14.3 Å². The number of carbonyl (C=O) groups excluding carboxylic acids is 2. The average Bonchev–Trinajstić information content (AvgIpc) is 2.59. The number of hydrogen-bond acceptors (Lipinski definition) is 3. The zero-order chi connectivity index (χ0) is 14.0. The zero-order valence-electron chi connectivity index (χ0n) is 11.7. The fraction of sp³-hybridized carbons (Fsp3) is 0.467. The first-order valence-corrected chi connectivity index (χ1v) is 6.61. The quantitative estimate of drug-likeness (QED) is 0.603. The second-order valence-electron chi connectivity index (χ2n) is 4.87. The highest BCUT2D eigenvalue weighted by Crippen LogP contribution is 2.32. The number of ether oxygens (including phenoxy) is 1. The van der Waals surface area contributed by atoms with Gasteiger partial charge in [-0.25, -0.2) is 0 Å². The molecule has 0 aromatic heterocycles. The molecule has 19 heavy (non-hydrogen) atoms. The van der Waals surface area contributed by atoms with Crippen LogP contribution in [0.25, 0.3) is 0 Å². The van der Waals surface area contributed by atoms with E-state index in [0.29, 0.717) is 25.3 Å². The van der Waals surface area contributed by atoms with Crippen LogP contribution in [0.4, 0.5) is 5.69 Å². The van der Waals surface area contributed by atoms with Gasteiger partial charge in [0.25, 0.3) is 11.7 Å². The molecule has 1 heterocycles. The van der Waals surface area contributed by atoms with Crippen LogP contribution in [0.3, 0.4) is 0 Å². The lowest BCUT2D eigenvalue weighted by atomic mass is 10.0. The normalized spacial score (nSPS) is 14.2. The van der Waals surface area contributed by atoms with E-state index in [9.17, 15) is 9.59 Å². The molecule has 0 fully saturated rings. The number of hydrogen-bond donors (Lipinski definition) is 0. The van der Waals surface area contributed by atoms with Crippen LogP contribution in [0.5, 0.6) is 0 Å². The SMILES string of the molecule is CCCOCCN1C(=O)C(=O)c2c(C)cc(C)cc21. The minimum absolute atomic E-state index is 0.400. The van der Waals surface area contributed by atoms with Gasteiger partial charge in [0, 0.05) is 13.2 Å². The summed E-state index contributed by atoms with van der Waals surface area (Å²) in [4.78, 5) is 25.5. The number of Topliss-reactive ketones (excluding diaryl/α,β-unsaturated/α-hetero) is 1. The molecule has 0 radical (unpaired) electrons. The molecule has 0 spiro atoms. The molecule has 4 nitrogen and oxygen atoms in total. The molecule has 0 saturated carbocycles. The number of benzene rings is 1. The summed E-state index contributed by atoms with van der Waals surface area (Å²) in [5.41, 5.74) is 3.20. The summed E-state index contributed by atoms with van der Waals surface area (Å²) in [6, 6.07) is 3.83. The van der Waals surface area contributed by atoms with Crippen molar-refractivity contribution in [3.05, 3.63) is 28.8 Å². The van der Waals surface area contributed by atoms with Crippen LogP contribution in [0, 0.1) is 13.8 Å². The highest BCUT2D eigenvalue weighted by molar-refractivity contribution is 6.52. The second kappa shape index (κ2) is 5.53. The lowest BCUT2D eigenvalue weighted by molar-refractivity contribution is -0.114. The minimum Gasteiger partial charge on any atom is -0.380 e. The second-order valence-corrected chi connectivity index (χ2v) is 4.87. The number of ketones is 1. The lowest BCUT2D eigenvalue weighted by Crippen LogP contribution is -2.32. The number of nitrogens with zero attached hydrogens (tertiary/aromatic N) is 1. The van der Waals surface area contributed by atoms with Crippen molar-refractivity contribution in [1.82, 2.24) is 0 Å². The van der Waals surface area contributed by atoms with E-state index in [1.807, 2.05) is 32.9 Å². The molecular weight excluding hydrogens is 242 g/mol. The predicted octanol–water partition coefficient (Wildman–Crippen LogP) is 2.26. The van der Waals surface area contributed by atoms with Gasteiger partial charge in [-0.15, -0.1) is 0 Å². The summed E-state index contributed by atoms with van der Waals surface area (Å²) in [6.45, 7) is 7.43. The summed E-state index contributed by atoms with van der Waals surface area (Å²) in [5, 5.41) is 0. The van der Waals surface area contributed by atoms with Gasteiger partial charge in [0.1, 0.15) is 0 Å². The van der Waals surface area contributed by atoms with Crippen molar-refractivity contribution in [2.24, 2.45) is 0 Å². The van der Waals surface area contributed by atoms with Crippen molar-refractivity contribution in [1.29, 1.82) is 0 Å². The Balaban J connectivity index is 2.23. The van der Waals surface area contributed by atoms with Crippen molar-refractivity contribution in [3.63, 3.8) is 0 Å². The van der Waals surface area contributed by atoms with Crippen LogP contribution in [-0.4, -0.2) is 31.4 Å². The topological polar surface area (TPSA) is 46.6 Å². The van der Waals surface area contributed by atoms with Gasteiger partial charge in [-0.05, 0) is 37.5 Å². The standard InChI is InChI=1S/C15H19NO3/c1-4-6-19-7-5-16-12-9-10(2)8-11(3)13(12)14(17)15(16)18/h8-9H,4-7H2,1-3H3. The Labute approximate surface area is 113 Å². The highest BCUT2D eigenvalue weighted by Gasteiger charge is 2.36. The maximum Gasteiger partial charge on any atom is 0.299 e. The van der Waals surface area contributed by atoms with Crippen molar-refractivity contribution in [2.45, 2.75) is 27.2 Å². The summed E-state index contributed by atoms with van der Waals surface area (Å²) in [5.74, 6) is -0.841. The highest BCUT2D eigenvalue weighted by atomic mass is 16.5. The number of aryl methyl sites for hydroxylation is 2. The smallest absolute Gasteiger partial charge is 0.299 e. The molecule has 2 rings (SSSR count). The number of amides is 1. The third-order valence-electron chi connectivity index (χ3n) is 3.22. The summed E-state index contributed by atoms with van der Waals surface area (Å²) in [6.07, 6.45) is 0.946. The first-order valence-electron chi connectivity index (χ1n) is 6.61. The van der Waals surface area contributed by atoms with E-state index < -0.39 is 11.7 Å². The molecule has 0 saturated heterocycles. The van der Waals surface area contributed by atoms with Crippen LogP contribution >= 0.6 is 0 Å². The van der Waals surface area contributed by atoms with E-state index >= 15 is 0 Å². The summed E-state index contributed by atoms with van der Waals surface area (Å²) >= 11 is 0. The average molecular weight is 261 g/mol. The fourth-order valence-corrected chi connectivity index (χ4v) is 2.42. The Morgan fingerprint density at radius 3 is 2.58 bits per heavy atom. The molecule has 0 atom stereocenters. The third kappa shape index (κ3) is 2.54. The number of carbonyl (C=O) groups is 2. The first kappa shape index (κ1) is 13.7. The molecule has 4 heteroatoms. The predicted molar refractivity (Wildman–Crippen MR) is 73.7 cm³/mol. The van der Waals surface area contributed by atoms with E-state index in [2.05, 4.69) is 0 Å². The summed E-state index contributed by atoms with van der Waals surface area (Å²) < 4.78 is 5.40. The Morgan fingerprint density at radius 2 is 1.89 bits per heavy atom. The van der Waals surface area contributed by atoms with Gasteiger partial charge in [0.05, 0.1) is 17.9 Å². The molecule has 1 amide bonds. The van der Waals surface area contributed by atoms with E-state index in [-0.39, 0.29) is 0 Å². The number of rotatable bonds is 5. The molecule has 1 aliphatic rings. The zero-order valence-corrected chi connectivity index (χ0v) is 11.7. The molecular formula is C15H19NO3. The van der Waals surface area contributed by atoms with Crippen LogP contribution in [0.1, 0.15) is 34.8 Å². The first-order chi connectivity index (χ1) is 9.06. The van der Waals surface area contributed by atoms with Crippen LogP contribution in [0.2, 0.25) is 0 Å². The van der Waals surface area contributed by atoms with Gasteiger partial charge in [0.15, 0.2) is 0 Å². The largest absolute Gasteiger partial charge is 0.380 e. The van der Waals surface area contributed by atoms with Crippen molar-refractivity contribution in [2.75, 3.05) is 24.7 Å². The van der Waals surface area contributed by atoms with E-state index in [1.165, 1.54) is 4.90 Å². The van der Waals surface area contributed by atoms with Gasteiger partial charge in [-0.2, -0.15) is 0 Å². The van der Waals surface area contributed by atoms with Gasteiger partial charge in [-0.1, -0.05) is 13.0 Å². The molecule has 0 aliphatic carbocycles. The van der Waals surface area contributed by atoms with Gasteiger partial charge in [0.2, 0.25) is 0 Å². The van der Waals surface area contributed by atoms with Crippen LogP contribution < -0.4 is 4.90 Å². The Kier molecular flexibility index (Phi) is 4.00. The van der Waals surface area contributed by atoms with Gasteiger partial charge < -0.3 is 9.64 Å². The van der Waals surface area contributed by atoms with Crippen molar-refractivity contribution in [3.8, 4) is 0 Å². The van der Waals surface area contributed by atoms with Gasteiger partial charge >= 0.3 is 0 Å². The lowest BCUT2D eigenvalue weighted by Gasteiger charge is -2.17. The number of fused-ring (bicyclic) bond motifs is 1. The van der Waals surface area contributed by atoms with Crippen molar-refractivity contribution >= 4 is 17.4 Å². The molecule has 1 aromatic carbocycles. The van der Waals surface area contributed by atoms with E-state index in [4.69, 9.17) is 4.74 Å². The van der Waals surface area contributed by atoms with Crippen LogP contribution in [-0.2, 0) is 9.53 Å².